The first kappa shape index (κ1) is 19.0. The summed E-state index contributed by atoms with van der Waals surface area (Å²) in [5.74, 6) is 0.0345. The summed E-state index contributed by atoms with van der Waals surface area (Å²) in [6.45, 7) is 6.28. The van der Waals surface area contributed by atoms with Crippen molar-refractivity contribution in [3.05, 3.63) is 64.7 Å². The summed E-state index contributed by atoms with van der Waals surface area (Å²) in [5, 5.41) is 2.89. The zero-order valence-corrected chi connectivity index (χ0v) is 16.3. The van der Waals surface area contributed by atoms with Gasteiger partial charge >= 0.3 is 6.03 Å². The largest absolute Gasteiger partial charge is 0.339 e. The van der Waals surface area contributed by atoms with E-state index in [1.807, 2.05) is 17.0 Å². The van der Waals surface area contributed by atoms with E-state index in [1.165, 1.54) is 11.1 Å². The Kier molecular flexibility index (Phi) is 5.79. The van der Waals surface area contributed by atoms with Crippen LogP contribution in [-0.2, 0) is 6.54 Å². The number of carbonyl (C=O) groups excluding carboxylic acids is 2. The molecule has 5 heteroatoms. The Morgan fingerprint density at radius 1 is 1.07 bits per heavy atom. The van der Waals surface area contributed by atoms with Crippen molar-refractivity contribution in [3.63, 3.8) is 0 Å². The predicted octanol–water partition coefficient (Wildman–Crippen LogP) is 4.20. The van der Waals surface area contributed by atoms with Crippen molar-refractivity contribution in [1.82, 2.24) is 9.80 Å². The Morgan fingerprint density at radius 3 is 2.52 bits per heavy atom. The lowest BCUT2D eigenvalue weighted by molar-refractivity contribution is 0.0793. The van der Waals surface area contributed by atoms with E-state index >= 15 is 0 Å². The van der Waals surface area contributed by atoms with Gasteiger partial charge in [0, 0.05) is 37.9 Å². The molecule has 1 aliphatic rings. The maximum Gasteiger partial charge on any atom is 0.321 e. The molecule has 0 spiro atoms. The summed E-state index contributed by atoms with van der Waals surface area (Å²) in [6.07, 6.45) is 2.12. The number of anilines is 1. The first-order valence-corrected chi connectivity index (χ1v) is 9.41. The van der Waals surface area contributed by atoms with Crippen molar-refractivity contribution in [2.45, 2.75) is 33.2 Å². The highest BCUT2D eigenvalue weighted by Crippen LogP contribution is 2.17. The van der Waals surface area contributed by atoms with Gasteiger partial charge in [-0.1, -0.05) is 29.8 Å². The molecule has 5 nitrogen and oxygen atoms in total. The molecular formula is C22H27N3O2. The molecule has 1 aliphatic heterocycles. The lowest BCUT2D eigenvalue weighted by Gasteiger charge is -2.20. The van der Waals surface area contributed by atoms with E-state index in [1.54, 1.807) is 24.1 Å². The highest BCUT2D eigenvalue weighted by molar-refractivity contribution is 5.97. The first-order valence-electron chi connectivity index (χ1n) is 9.41. The summed E-state index contributed by atoms with van der Waals surface area (Å²) < 4.78 is 0. The van der Waals surface area contributed by atoms with Crippen LogP contribution in [0.3, 0.4) is 0 Å². The van der Waals surface area contributed by atoms with E-state index < -0.39 is 0 Å². The maximum absolute atomic E-state index is 12.6. The second kappa shape index (κ2) is 8.25. The fourth-order valence-corrected chi connectivity index (χ4v) is 3.40. The number of carbonyl (C=O) groups is 2. The van der Waals surface area contributed by atoms with E-state index in [0.29, 0.717) is 17.8 Å². The summed E-state index contributed by atoms with van der Waals surface area (Å²) in [6, 6.07) is 13.2. The molecule has 0 aliphatic carbocycles. The predicted molar refractivity (Wildman–Crippen MR) is 108 cm³/mol. The Balaban J connectivity index is 1.64. The van der Waals surface area contributed by atoms with Gasteiger partial charge < -0.3 is 15.1 Å². The third kappa shape index (κ3) is 4.67. The number of nitrogens with zero attached hydrogens (tertiary/aromatic N) is 2. The molecule has 0 saturated carbocycles. The zero-order chi connectivity index (χ0) is 19.4. The standard InChI is InChI=1S/C22H27N3O2/c1-16-9-10-19(17(2)13-16)15-24(3)22(27)23-20-8-6-7-18(14-20)21(26)25-11-4-5-12-25/h6-10,13-14H,4-5,11-12,15H2,1-3H3,(H,23,27). The van der Waals surface area contributed by atoms with E-state index in [0.717, 1.165) is 31.5 Å². The molecule has 0 radical (unpaired) electrons. The van der Waals surface area contributed by atoms with Crippen molar-refractivity contribution in [1.29, 1.82) is 0 Å². The molecule has 0 aromatic heterocycles. The average molecular weight is 365 g/mol. The lowest BCUT2D eigenvalue weighted by Crippen LogP contribution is -2.31. The summed E-state index contributed by atoms with van der Waals surface area (Å²) in [7, 11) is 1.77. The van der Waals surface area contributed by atoms with Gasteiger partial charge in [0.05, 0.1) is 0 Å². The number of rotatable bonds is 4. The molecule has 1 fully saturated rings. The molecule has 27 heavy (non-hydrogen) atoms. The molecule has 3 rings (SSSR count). The highest BCUT2D eigenvalue weighted by Gasteiger charge is 2.20. The zero-order valence-electron chi connectivity index (χ0n) is 16.3. The van der Waals surface area contributed by atoms with Crippen molar-refractivity contribution >= 4 is 17.6 Å². The molecule has 142 valence electrons. The fourth-order valence-electron chi connectivity index (χ4n) is 3.40. The van der Waals surface area contributed by atoms with Crippen LogP contribution in [0.15, 0.2) is 42.5 Å². The topological polar surface area (TPSA) is 52.7 Å². The van der Waals surface area contributed by atoms with Gasteiger partial charge in [0.15, 0.2) is 0 Å². The third-order valence-corrected chi connectivity index (χ3v) is 5.01. The summed E-state index contributed by atoms with van der Waals surface area (Å²) >= 11 is 0. The van der Waals surface area contributed by atoms with Crippen LogP contribution in [0.1, 0.15) is 39.9 Å². The monoisotopic (exact) mass is 365 g/mol. The Hall–Kier alpha value is -2.82. The van der Waals surface area contributed by atoms with Gasteiger partial charge in [-0.2, -0.15) is 0 Å². The highest BCUT2D eigenvalue weighted by atomic mass is 16.2. The van der Waals surface area contributed by atoms with Gasteiger partial charge in [0.25, 0.3) is 5.91 Å². The number of aryl methyl sites for hydroxylation is 2. The van der Waals surface area contributed by atoms with Crippen molar-refractivity contribution in [2.75, 3.05) is 25.5 Å². The van der Waals surface area contributed by atoms with Gasteiger partial charge in [-0.3, -0.25) is 4.79 Å². The molecule has 3 amide bonds. The number of urea groups is 1. The van der Waals surface area contributed by atoms with Crippen LogP contribution in [0.4, 0.5) is 10.5 Å². The van der Waals surface area contributed by atoms with Crippen molar-refractivity contribution in [2.24, 2.45) is 0 Å². The first-order chi connectivity index (χ1) is 12.9. The van der Waals surface area contributed by atoms with Crippen LogP contribution in [0.2, 0.25) is 0 Å². The van der Waals surface area contributed by atoms with Gasteiger partial charge in [-0.15, -0.1) is 0 Å². The smallest absolute Gasteiger partial charge is 0.321 e. The van der Waals surface area contributed by atoms with Gasteiger partial charge in [-0.25, -0.2) is 4.79 Å². The van der Waals surface area contributed by atoms with Crippen LogP contribution in [-0.4, -0.2) is 41.9 Å². The van der Waals surface area contributed by atoms with Gasteiger partial charge in [0.1, 0.15) is 0 Å². The lowest BCUT2D eigenvalue weighted by atomic mass is 10.1. The minimum atomic E-state index is -0.194. The molecule has 0 atom stereocenters. The van der Waals surface area contributed by atoms with Gasteiger partial charge in [0.2, 0.25) is 0 Å². The third-order valence-electron chi connectivity index (χ3n) is 5.01. The van der Waals surface area contributed by atoms with E-state index in [9.17, 15) is 9.59 Å². The number of benzene rings is 2. The summed E-state index contributed by atoms with van der Waals surface area (Å²) in [4.78, 5) is 28.6. The minimum absolute atomic E-state index is 0.0345. The Morgan fingerprint density at radius 2 is 1.81 bits per heavy atom. The normalized spacial score (nSPS) is 13.5. The second-order valence-corrected chi connectivity index (χ2v) is 7.30. The van der Waals surface area contributed by atoms with E-state index in [4.69, 9.17) is 0 Å². The molecular weight excluding hydrogens is 338 g/mol. The second-order valence-electron chi connectivity index (χ2n) is 7.30. The Bertz CT molecular complexity index is 841. The molecule has 0 bridgehead atoms. The van der Waals surface area contributed by atoms with E-state index in [2.05, 4.69) is 37.4 Å². The van der Waals surface area contributed by atoms with Crippen LogP contribution in [0.25, 0.3) is 0 Å². The number of nitrogens with one attached hydrogen (secondary N) is 1. The number of likely N-dealkylation sites (tertiary alicyclic amines) is 1. The SMILES string of the molecule is Cc1ccc(CN(C)C(=O)Nc2cccc(C(=O)N3CCCC3)c2)c(C)c1. The van der Waals surface area contributed by atoms with E-state index in [-0.39, 0.29) is 11.9 Å². The molecule has 0 unspecified atom stereocenters. The molecule has 2 aromatic carbocycles. The van der Waals surface area contributed by atoms with Crippen molar-refractivity contribution < 1.29 is 9.59 Å². The minimum Gasteiger partial charge on any atom is -0.339 e. The van der Waals surface area contributed by atoms with Crippen LogP contribution in [0.5, 0.6) is 0 Å². The van der Waals surface area contributed by atoms with Crippen LogP contribution in [0, 0.1) is 13.8 Å². The van der Waals surface area contributed by atoms with Gasteiger partial charge in [-0.05, 0) is 56.0 Å². The quantitative estimate of drug-likeness (QED) is 0.883. The fraction of sp³-hybridized carbons (Fsp3) is 0.364. The molecule has 1 saturated heterocycles. The molecule has 1 heterocycles. The number of hydrogen-bond acceptors (Lipinski definition) is 2. The Labute approximate surface area is 161 Å². The maximum atomic E-state index is 12.6. The van der Waals surface area contributed by atoms with Crippen LogP contribution >= 0.6 is 0 Å². The molecule has 1 N–H and O–H groups in total. The number of hydrogen-bond donors (Lipinski definition) is 1. The average Bonchev–Trinajstić information content (AvgIpc) is 3.18. The van der Waals surface area contributed by atoms with Crippen LogP contribution < -0.4 is 5.32 Å². The number of amides is 3. The van der Waals surface area contributed by atoms with Crippen molar-refractivity contribution in [3.8, 4) is 0 Å². The summed E-state index contributed by atoms with van der Waals surface area (Å²) in [5.41, 5.74) is 4.76. The molecule has 2 aromatic rings.